The minimum atomic E-state index is -0.543. The lowest BCUT2D eigenvalue weighted by Gasteiger charge is -2.36. The molecule has 52 heavy (non-hydrogen) atoms. The van der Waals surface area contributed by atoms with Gasteiger partial charge < -0.3 is 28.9 Å². The molecule has 0 N–H and O–H groups in total. The summed E-state index contributed by atoms with van der Waals surface area (Å²) in [4.78, 5) is 36.7. The maximum atomic E-state index is 13.5. The second-order valence-corrected chi connectivity index (χ2v) is 14.4. The standard InChI is InChI=1S/C41H46N6O5/c1-41(2,3)52-40(49)46-23-21-45(22-24-46)39(48)31-19-20-47(26-31)32-15-16-33-35(25-32)44(4)43-37(33)34-17-18-36(50-27-29-11-7-5-8-12-29)42-38(34)51-28-30-13-9-6-10-14-30/h5-18,25,31H,19-24,26-28H2,1-4H3/t31-/m1/s1. The highest BCUT2D eigenvalue weighted by molar-refractivity contribution is 5.96. The second kappa shape index (κ2) is 15.0. The van der Waals surface area contributed by atoms with E-state index in [0.29, 0.717) is 57.7 Å². The van der Waals surface area contributed by atoms with Crippen LogP contribution in [0.1, 0.15) is 38.3 Å². The molecule has 3 aromatic carbocycles. The molecule has 0 unspecified atom stereocenters. The van der Waals surface area contributed by atoms with Gasteiger partial charge in [0, 0.05) is 63.5 Å². The normalized spacial score (nSPS) is 16.3. The van der Waals surface area contributed by atoms with Crippen molar-refractivity contribution in [3.05, 3.63) is 102 Å². The van der Waals surface area contributed by atoms with Gasteiger partial charge >= 0.3 is 6.09 Å². The van der Waals surface area contributed by atoms with Crippen LogP contribution >= 0.6 is 0 Å². The number of hydrogen-bond acceptors (Lipinski definition) is 8. The average molecular weight is 703 g/mol. The fraction of sp³-hybridized carbons (Fsp3) is 0.366. The van der Waals surface area contributed by atoms with E-state index < -0.39 is 5.60 Å². The Hall–Kier alpha value is -5.58. The lowest BCUT2D eigenvalue weighted by Crippen LogP contribution is -2.53. The van der Waals surface area contributed by atoms with Gasteiger partial charge in [-0.3, -0.25) is 9.48 Å². The molecule has 0 bridgehead atoms. The molecule has 2 aliphatic heterocycles. The van der Waals surface area contributed by atoms with Crippen LogP contribution in [0.25, 0.3) is 22.2 Å². The minimum Gasteiger partial charge on any atom is -0.473 e. The van der Waals surface area contributed by atoms with Gasteiger partial charge in [0.2, 0.25) is 17.7 Å². The van der Waals surface area contributed by atoms with E-state index in [0.717, 1.165) is 51.9 Å². The number of carbonyl (C=O) groups excluding carboxylic acids is 2. The maximum Gasteiger partial charge on any atom is 0.410 e. The largest absolute Gasteiger partial charge is 0.473 e. The van der Waals surface area contributed by atoms with E-state index in [2.05, 4.69) is 23.1 Å². The van der Waals surface area contributed by atoms with Crippen molar-refractivity contribution in [2.24, 2.45) is 13.0 Å². The number of fused-ring (bicyclic) bond motifs is 1. The SMILES string of the molecule is Cn1nc(-c2ccc(OCc3ccccc3)nc2OCc2ccccc2)c2ccc(N3CC[C@@H](C(=O)N4CCN(C(=O)OC(C)(C)C)CC4)C3)cc21. The summed E-state index contributed by atoms with van der Waals surface area (Å²) in [5.41, 5.74) is 5.12. The van der Waals surface area contributed by atoms with Crippen molar-refractivity contribution >= 4 is 28.6 Å². The number of nitrogens with zero attached hydrogens (tertiary/aromatic N) is 6. The van der Waals surface area contributed by atoms with Crippen molar-refractivity contribution in [2.45, 2.75) is 46.0 Å². The summed E-state index contributed by atoms with van der Waals surface area (Å²) in [6.07, 6.45) is 0.462. The number of aromatic nitrogens is 3. The number of aryl methyl sites for hydroxylation is 1. The Morgan fingerprint density at radius 3 is 2.12 bits per heavy atom. The van der Waals surface area contributed by atoms with Crippen molar-refractivity contribution in [1.29, 1.82) is 0 Å². The Morgan fingerprint density at radius 2 is 1.44 bits per heavy atom. The van der Waals surface area contributed by atoms with Gasteiger partial charge in [-0.05, 0) is 62.6 Å². The summed E-state index contributed by atoms with van der Waals surface area (Å²) in [5, 5.41) is 5.93. The Kier molecular flexibility index (Phi) is 10.0. The Labute approximate surface area is 304 Å². The fourth-order valence-corrected chi connectivity index (χ4v) is 6.78. The number of rotatable bonds is 9. The van der Waals surface area contributed by atoms with Crippen LogP contribution in [0.2, 0.25) is 0 Å². The van der Waals surface area contributed by atoms with Crippen molar-refractivity contribution in [3.8, 4) is 23.0 Å². The van der Waals surface area contributed by atoms with Gasteiger partial charge in [-0.15, -0.1) is 0 Å². The van der Waals surface area contributed by atoms with Gasteiger partial charge in [0.05, 0.1) is 17.0 Å². The first-order chi connectivity index (χ1) is 25.1. The summed E-state index contributed by atoms with van der Waals surface area (Å²) in [6, 6.07) is 30.2. The van der Waals surface area contributed by atoms with Crippen molar-refractivity contribution in [3.63, 3.8) is 0 Å². The van der Waals surface area contributed by atoms with Gasteiger partial charge in [0.15, 0.2) is 0 Å². The van der Waals surface area contributed by atoms with E-state index in [1.165, 1.54) is 0 Å². The summed E-state index contributed by atoms with van der Waals surface area (Å²) in [5.74, 6) is 0.985. The molecule has 0 radical (unpaired) electrons. The number of benzene rings is 3. The molecule has 0 saturated carbocycles. The Morgan fingerprint density at radius 1 is 0.788 bits per heavy atom. The molecular weight excluding hydrogens is 656 g/mol. The van der Waals surface area contributed by atoms with Gasteiger partial charge in [-0.1, -0.05) is 60.7 Å². The van der Waals surface area contributed by atoms with E-state index in [1.807, 2.05) is 110 Å². The smallest absolute Gasteiger partial charge is 0.410 e. The molecule has 7 rings (SSSR count). The Balaban J connectivity index is 1.06. The van der Waals surface area contributed by atoms with Gasteiger partial charge in [0.1, 0.15) is 24.5 Å². The number of amides is 2. The third kappa shape index (κ3) is 7.98. The quantitative estimate of drug-likeness (QED) is 0.167. The third-order valence-electron chi connectivity index (χ3n) is 9.52. The molecule has 11 nitrogen and oxygen atoms in total. The van der Waals surface area contributed by atoms with E-state index in [4.69, 9.17) is 24.3 Å². The number of piperazine rings is 1. The number of pyridine rings is 1. The van der Waals surface area contributed by atoms with Crippen LogP contribution in [-0.4, -0.2) is 81.4 Å². The molecule has 1 atom stereocenters. The first-order valence-electron chi connectivity index (χ1n) is 17.9. The van der Waals surface area contributed by atoms with Crippen LogP contribution in [-0.2, 0) is 29.8 Å². The first-order valence-corrected chi connectivity index (χ1v) is 17.9. The van der Waals surface area contributed by atoms with Crippen molar-refractivity contribution in [1.82, 2.24) is 24.6 Å². The zero-order valence-corrected chi connectivity index (χ0v) is 30.3. The Bertz CT molecular complexity index is 2020. The highest BCUT2D eigenvalue weighted by Gasteiger charge is 2.34. The van der Waals surface area contributed by atoms with Crippen LogP contribution < -0.4 is 14.4 Å². The predicted molar refractivity (Wildman–Crippen MR) is 200 cm³/mol. The fourth-order valence-electron chi connectivity index (χ4n) is 6.78. The number of carbonyl (C=O) groups is 2. The molecule has 2 aliphatic rings. The number of ether oxygens (including phenoxy) is 3. The zero-order chi connectivity index (χ0) is 36.2. The summed E-state index contributed by atoms with van der Waals surface area (Å²) < 4.78 is 19.8. The van der Waals surface area contributed by atoms with Crippen LogP contribution in [0, 0.1) is 5.92 Å². The van der Waals surface area contributed by atoms with Gasteiger partial charge in [0.25, 0.3) is 0 Å². The molecule has 2 amide bonds. The van der Waals surface area contributed by atoms with Crippen LogP contribution in [0.3, 0.4) is 0 Å². The highest BCUT2D eigenvalue weighted by atomic mass is 16.6. The van der Waals surface area contributed by atoms with Crippen LogP contribution in [0.15, 0.2) is 91.0 Å². The first kappa shape index (κ1) is 34.9. The molecule has 5 aromatic rings. The monoisotopic (exact) mass is 702 g/mol. The lowest BCUT2D eigenvalue weighted by atomic mass is 10.1. The molecular formula is C41H46N6O5. The topological polar surface area (TPSA) is 102 Å². The molecule has 11 heteroatoms. The molecule has 2 fully saturated rings. The van der Waals surface area contributed by atoms with E-state index in [9.17, 15) is 9.59 Å². The molecule has 270 valence electrons. The van der Waals surface area contributed by atoms with Crippen molar-refractivity contribution in [2.75, 3.05) is 44.2 Å². The third-order valence-corrected chi connectivity index (χ3v) is 9.52. The molecule has 0 spiro atoms. The van der Waals surface area contributed by atoms with Gasteiger partial charge in [-0.2, -0.15) is 10.1 Å². The zero-order valence-electron chi connectivity index (χ0n) is 30.3. The second-order valence-electron chi connectivity index (χ2n) is 14.4. The maximum absolute atomic E-state index is 13.5. The predicted octanol–water partition coefficient (Wildman–Crippen LogP) is 6.70. The van der Waals surface area contributed by atoms with E-state index in [1.54, 1.807) is 4.90 Å². The van der Waals surface area contributed by atoms with Gasteiger partial charge in [-0.25, -0.2) is 4.79 Å². The number of anilines is 1. The molecule has 2 aromatic heterocycles. The molecule has 0 aliphatic carbocycles. The molecule has 4 heterocycles. The summed E-state index contributed by atoms with van der Waals surface area (Å²) in [6.45, 7) is 9.77. The molecule has 2 saturated heterocycles. The van der Waals surface area contributed by atoms with Crippen molar-refractivity contribution < 1.29 is 23.8 Å². The average Bonchev–Trinajstić information content (AvgIpc) is 3.78. The van der Waals surface area contributed by atoms with E-state index in [-0.39, 0.29) is 17.9 Å². The summed E-state index contributed by atoms with van der Waals surface area (Å²) in [7, 11) is 1.94. The highest BCUT2D eigenvalue weighted by Crippen LogP contribution is 2.37. The minimum absolute atomic E-state index is 0.0936. The summed E-state index contributed by atoms with van der Waals surface area (Å²) >= 11 is 0. The number of hydrogen-bond donors (Lipinski definition) is 0. The lowest BCUT2D eigenvalue weighted by molar-refractivity contribution is -0.136. The van der Waals surface area contributed by atoms with Crippen LogP contribution in [0.5, 0.6) is 11.8 Å². The van der Waals surface area contributed by atoms with Crippen LogP contribution in [0.4, 0.5) is 10.5 Å². The van der Waals surface area contributed by atoms with E-state index >= 15 is 0 Å².